The number of rotatable bonds is 4. The number of Topliss-reactive ketones (excluding diaryl/α,β-unsaturated/α-hetero) is 1. The second-order valence-corrected chi connectivity index (χ2v) is 10.4. The molecule has 7 nitrogen and oxygen atoms in total. The molecule has 2 aromatic heterocycles. The number of fused-ring (bicyclic) bond motifs is 3. The summed E-state index contributed by atoms with van der Waals surface area (Å²) in [5.41, 5.74) is 6.53. The van der Waals surface area contributed by atoms with Gasteiger partial charge in [-0.2, -0.15) is 10.4 Å². The summed E-state index contributed by atoms with van der Waals surface area (Å²) in [6.45, 7) is 3.91. The van der Waals surface area contributed by atoms with Crippen molar-refractivity contribution in [2.75, 3.05) is 7.11 Å². The third kappa shape index (κ3) is 3.63. The van der Waals surface area contributed by atoms with Crippen molar-refractivity contribution in [3.8, 4) is 34.3 Å². The standard InChI is InChI=1S/C31H29N5O2/c1-18-26-13-12-25-28(21-6-4-20(5-7-21)27-14-15-33-36-27)34-19(2)35-30(25)31(26,16-22(17-32)29(18)37)23-8-10-24(38-3)11-9-23/h4-11,14-15,18,22,26H,12-13,16H2,1-3H3,(H,33,36)/t18-,22?,26-,31-/m0/s1. The molecule has 2 aromatic carbocycles. The number of aryl methyl sites for hydroxylation is 1. The number of benzene rings is 2. The highest BCUT2D eigenvalue weighted by Gasteiger charge is 2.56. The number of methoxy groups -OCH3 is 1. The van der Waals surface area contributed by atoms with Crippen molar-refractivity contribution in [1.82, 2.24) is 20.2 Å². The normalized spacial score (nSPS) is 24.3. The molecule has 2 aliphatic carbocycles. The van der Waals surface area contributed by atoms with Crippen LogP contribution in [0.3, 0.4) is 0 Å². The van der Waals surface area contributed by atoms with Gasteiger partial charge in [-0.3, -0.25) is 9.89 Å². The number of carbonyl (C=O) groups is 1. The number of nitrogens with one attached hydrogen (secondary N) is 1. The number of hydrogen-bond acceptors (Lipinski definition) is 6. The van der Waals surface area contributed by atoms with E-state index >= 15 is 0 Å². The molecule has 190 valence electrons. The monoisotopic (exact) mass is 503 g/mol. The summed E-state index contributed by atoms with van der Waals surface area (Å²) in [5, 5.41) is 17.1. The average molecular weight is 504 g/mol. The third-order valence-corrected chi connectivity index (χ3v) is 8.53. The van der Waals surface area contributed by atoms with E-state index in [9.17, 15) is 10.1 Å². The van der Waals surface area contributed by atoms with Crippen molar-refractivity contribution in [3.63, 3.8) is 0 Å². The van der Waals surface area contributed by atoms with E-state index in [2.05, 4.69) is 52.7 Å². The zero-order valence-corrected chi connectivity index (χ0v) is 21.7. The highest BCUT2D eigenvalue weighted by Crippen LogP contribution is 2.56. The molecule has 0 radical (unpaired) electrons. The van der Waals surface area contributed by atoms with E-state index < -0.39 is 11.3 Å². The largest absolute Gasteiger partial charge is 0.497 e. The molecule has 2 aliphatic rings. The maximum Gasteiger partial charge on any atom is 0.153 e. The van der Waals surface area contributed by atoms with E-state index in [4.69, 9.17) is 14.7 Å². The van der Waals surface area contributed by atoms with Gasteiger partial charge in [0.15, 0.2) is 5.78 Å². The lowest BCUT2D eigenvalue weighted by Crippen LogP contribution is -2.53. The predicted molar refractivity (Wildman–Crippen MR) is 143 cm³/mol. The maximum absolute atomic E-state index is 13.2. The van der Waals surface area contributed by atoms with Gasteiger partial charge in [-0.15, -0.1) is 0 Å². The highest BCUT2D eigenvalue weighted by atomic mass is 16.5. The highest BCUT2D eigenvalue weighted by molar-refractivity contribution is 5.88. The Balaban J connectivity index is 1.56. The van der Waals surface area contributed by atoms with Gasteiger partial charge < -0.3 is 4.74 Å². The first-order valence-electron chi connectivity index (χ1n) is 13.0. The minimum Gasteiger partial charge on any atom is -0.497 e. The molecule has 7 heteroatoms. The number of H-pyrrole nitrogens is 1. The lowest BCUT2D eigenvalue weighted by Gasteiger charge is -2.51. The molecule has 0 amide bonds. The average Bonchev–Trinajstić information content (AvgIpc) is 3.50. The zero-order chi connectivity index (χ0) is 26.4. The van der Waals surface area contributed by atoms with Crippen molar-refractivity contribution in [2.45, 2.75) is 38.5 Å². The van der Waals surface area contributed by atoms with E-state index in [1.54, 1.807) is 13.3 Å². The lowest BCUT2D eigenvalue weighted by atomic mass is 9.50. The van der Waals surface area contributed by atoms with Crippen LogP contribution < -0.4 is 4.74 Å². The smallest absolute Gasteiger partial charge is 0.153 e. The van der Waals surface area contributed by atoms with Crippen LogP contribution in [0.15, 0.2) is 60.8 Å². The van der Waals surface area contributed by atoms with Crippen LogP contribution >= 0.6 is 0 Å². The molecular formula is C31H29N5O2. The number of aromatic amines is 1. The second kappa shape index (κ2) is 9.21. The Hall–Kier alpha value is -4.31. The lowest BCUT2D eigenvalue weighted by molar-refractivity contribution is -0.131. The number of ketones is 1. The summed E-state index contributed by atoms with van der Waals surface area (Å²) in [6.07, 6.45) is 3.78. The molecule has 4 aromatic rings. The summed E-state index contributed by atoms with van der Waals surface area (Å²) < 4.78 is 5.43. The Morgan fingerprint density at radius 3 is 2.45 bits per heavy atom. The van der Waals surface area contributed by atoms with Crippen molar-refractivity contribution < 1.29 is 9.53 Å². The van der Waals surface area contributed by atoms with Crippen molar-refractivity contribution >= 4 is 5.78 Å². The third-order valence-electron chi connectivity index (χ3n) is 8.53. The minimum absolute atomic E-state index is 0.0467. The molecule has 0 bridgehead atoms. The minimum atomic E-state index is -0.679. The number of nitriles is 1. The molecule has 1 unspecified atom stereocenters. The zero-order valence-electron chi connectivity index (χ0n) is 21.7. The van der Waals surface area contributed by atoms with E-state index in [0.29, 0.717) is 12.2 Å². The van der Waals surface area contributed by atoms with Gasteiger partial charge in [-0.1, -0.05) is 43.3 Å². The molecule has 0 spiro atoms. The molecule has 1 fully saturated rings. The molecule has 1 N–H and O–H groups in total. The molecule has 1 saturated carbocycles. The first-order chi connectivity index (χ1) is 18.5. The molecule has 4 atom stereocenters. The van der Waals surface area contributed by atoms with Crippen LogP contribution in [0.4, 0.5) is 0 Å². The number of hydrogen-bond donors (Lipinski definition) is 1. The van der Waals surface area contributed by atoms with Gasteiger partial charge in [0.1, 0.15) is 17.5 Å². The van der Waals surface area contributed by atoms with Gasteiger partial charge >= 0.3 is 0 Å². The predicted octanol–water partition coefficient (Wildman–Crippen LogP) is 5.45. The quantitative estimate of drug-likeness (QED) is 0.397. The molecule has 38 heavy (non-hydrogen) atoms. The molecule has 0 saturated heterocycles. The maximum atomic E-state index is 13.2. The number of carbonyl (C=O) groups excluding carboxylic acids is 1. The fraction of sp³-hybridized carbons (Fsp3) is 0.323. The number of ether oxygens (including phenoxy) is 1. The van der Waals surface area contributed by atoms with Crippen LogP contribution in [0, 0.1) is 36.0 Å². The van der Waals surface area contributed by atoms with Crippen LogP contribution in [-0.4, -0.2) is 33.1 Å². The van der Waals surface area contributed by atoms with Gasteiger partial charge in [-0.05, 0) is 61.4 Å². The van der Waals surface area contributed by atoms with Crippen molar-refractivity contribution in [3.05, 3.63) is 83.4 Å². The van der Waals surface area contributed by atoms with Crippen molar-refractivity contribution in [1.29, 1.82) is 5.26 Å². The Kier molecular flexibility index (Phi) is 5.83. The van der Waals surface area contributed by atoms with Crippen LogP contribution in [0.5, 0.6) is 5.75 Å². The Morgan fingerprint density at radius 2 is 1.79 bits per heavy atom. The molecule has 6 rings (SSSR count). The first-order valence-corrected chi connectivity index (χ1v) is 13.0. The van der Waals surface area contributed by atoms with Gasteiger partial charge in [0.25, 0.3) is 0 Å². The molecular weight excluding hydrogens is 474 g/mol. The number of nitrogens with zero attached hydrogens (tertiary/aromatic N) is 4. The Labute approximate surface area is 221 Å². The second-order valence-electron chi connectivity index (χ2n) is 10.4. The van der Waals surface area contributed by atoms with Crippen LogP contribution in [-0.2, 0) is 16.6 Å². The Morgan fingerprint density at radius 1 is 1.05 bits per heavy atom. The van der Waals surface area contributed by atoms with E-state index in [1.165, 1.54) is 0 Å². The van der Waals surface area contributed by atoms with E-state index in [-0.39, 0.29) is 17.6 Å². The van der Waals surface area contributed by atoms with Crippen LogP contribution in [0.25, 0.3) is 22.5 Å². The SMILES string of the molecule is COc1ccc([C@@]23CC(C#N)C(=O)[C@@H](C)[C@@H]2CCc2c(-c4ccc(-c5ccn[nH]5)cc4)nc(C)nc23)cc1. The fourth-order valence-electron chi connectivity index (χ4n) is 6.72. The molecule has 2 heterocycles. The van der Waals surface area contributed by atoms with Gasteiger partial charge in [-0.25, -0.2) is 9.97 Å². The summed E-state index contributed by atoms with van der Waals surface area (Å²) in [4.78, 5) is 23.2. The summed E-state index contributed by atoms with van der Waals surface area (Å²) in [6, 6.07) is 20.7. The summed E-state index contributed by atoms with van der Waals surface area (Å²) in [5.74, 6) is 0.628. The van der Waals surface area contributed by atoms with Gasteiger partial charge in [0.05, 0.1) is 30.3 Å². The molecule has 0 aliphatic heterocycles. The van der Waals surface area contributed by atoms with Crippen molar-refractivity contribution in [2.24, 2.45) is 17.8 Å². The van der Waals surface area contributed by atoms with Gasteiger partial charge in [0.2, 0.25) is 0 Å². The number of aromatic nitrogens is 4. The van der Waals surface area contributed by atoms with Crippen LogP contribution in [0.2, 0.25) is 0 Å². The summed E-state index contributed by atoms with van der Waals surface area (Å²) >= 11 is 0. The first kappa shape index (κ1) is 24.1. The summed E-state index contributed by atoms with van der Waals surface area (Å²) in [7, 11) is 1.65. The van der Waals surface area contributed by atoms with E-state index in [0.717, 1.165) is 57.9 Å². The van der Waals surface area contributed by atoms with E-state index in [1.807, 2.05) is 32.0 Å². The van der Waals surface area contributed by atoms with Crippen LogP contribution in [0.1, 0.15) is 42.4 Å². The fourth-order valence-corrected chi connectivity index (χ4v) is 6.72. The van der Waals surface area contributed by atoms with Gasteiger partial charge in [0, 0.05) is 28.7 Å². The topological polar surface area (TPSA) is 105 Å². The Bertz CT molecular complexity index is 1540.